The van der Waals surface area contributed by atoms with E-state index in [-0.39, 0.29) is 18.8 Å². The zero-order valence-electron chi connectivity index (χ0n) is 20.0. The molecule has 0 fully saturated rings. The minimum Gasteiger partial charge on any atom is -0.481 e. The zero-order valence-corrected chi connectivity index (χ0v) is 20.0. The molecule has 0 aliphatic heterocycles. The average molecular weight is 488 g/mol. The van der Waals surface area contributed by atoms with Gasteiger partial charge in [0.2, 0.25) is 23.6 Å². The van der Waals surface area contributed by atoms with E-state index in [0.717, 1.165) is 0 Å². The molecule has 5 unspecified atom stereocenters. The molecule has 0 spiro atoms. The van der Waals surface area contributed by atoms with Crippen molar-refractivity contribution in [3.63, 3.8) is 0 Å². The van der Waals surface area contributed by atoms with Crippen molar-refractivity contribution in [2.75, 3.05) is 0 Å². The Balaban J connectivity index is 5.63. The average Bonchev–Trinajstić information content (AvgIpc) is 2.72. The standard InChI is InChI=1S/C21H37N5O8/c1-5-11(4)17(21(33)34)26-20(32)14(9-16(28)29)25-19(31)13(6-7-15(23)27)24-18(30)12(22)8-10(2)3/h10-14,17H,5-9,22H2,1-4H3,(H2,23,27)(H,24,30)(H,25,31)(H,26,32)(H,28,29)(H,33,34). The molecular weight excluding hydrogens is 450 g/mol. The molecule has 5 atom stereocenters. The second kappa shape index (κ2) is 14.8. The van der Waals surface area contributed by atoms with Gasteiger partial charge in [0.1, 0.15) is 18.1 Å². The van der Waals surface area contributed by atoms with Gasteiger partial charge in [-0.1, -0.05) is 34.1 Å². The Labute approximate surface area is 198 Å². The van der Waals surface area contributed by atoms with Crippen molar-refractivity contribution in [1.82, 2.24) is 16.0 Å². The van der Waals surface area contributed by atoms with Gasteiger partial charge in [-0.3, -0.25) is 24.0 Å². The molecule has 9 N–H and O–H groups in total. The summed E-state index contributed by atoms with van der Waals surface area (Å²) in [6.07, 6.45) is -0.582. The summed E-state index contributed by atoms with van der Waals surface area (Å²) in [6.45, 7) is 7.02. The fraction of sp³-hybridized carbons (Fsp3) is 0.714. The van der Waals surface area contributed by atoms with Crippen molar-refractivity contribution in [1.29, 1.82) is 0 Å². The number of rotatable bonds is 16. The van der Waals surface area contributed by atoms with Gasteiger partial charge >= 0.3 is 11.9 Å². The summed E-state index contributed by atoms with van der Waals surface area (Å²) in [4.78, 5) is 71.8. The fourth-order valence-corrected chi connectivity index (χ4v) is 3.04. The van der Waals surface area contributed by atoms with Crippen molar-refractivity contribution >= 4 is 35.6 Å². The van der Waals surface area contributed by atoms with Gasteiger partial charge in [-0.15, -0.1) is 0 Å². The van der Waals surface area contributed by atoms with Gasteiger partial charge in [0.05, 0.1) is 12.5 Å². The van der Waals surface area contributed by atoms with E-state index in [1.807, 2.05) is 13.8 Å². The fourth-order valence-electron chi connectivity index (χ4n) is 3.04. The molecule has 34 heavy (non-hydrogen) atoms. The van der Waals surface area contributed by atoms with Gasteiger partial charge in [-0.2, -0.15) is 0 Å². The molecule has 0 saturated heterocycles. The summed E-state index contributed by atoms with van der Waals surface area (Å²) in [7, 11) is 0. The number of nitrogens with two attached hydrogens (primary N) is 2. The van der Waals surface area contributed by atoms with Crippen molar-refractivity contribution in [2.45, 2.75) is 84.0 Å². The first-order chi connectivity index (χ1) is 15.7. The smallest absolute Gasteiger partial charge is 0.326 e. The van der Waals surface area contributed by atoms with Crippen LogP contribution in [0.25, 0.3) is 0 Å². The van der Waals surface area contributed by atoms with Crippen LogP contribution < -0.4 is 27.4 Å². The third-order valence-electron chi connectivity index (χ3n) is 5.16. The molecule has 0 aromatic carbocycles. The van der Waals surface area contributed by atoms with Gasteiger partial charge in [0, 0.05) is 6.42 Å². The molecule has 0 aliphatic carbocycles. The first-order valence-electron chi connectivity index (χ1n) is 11.1. The van der Waals surface area contributed by atoms with E-state index in [0.29, 0.717) is 12.8 Å². The van der Waals surface area contributed by atoms with Gasteiger partial charge in [-0.25, -0.2) is 4.79 Å². The van der Waals surface area contributed by atoms with Crippen LogP contribution in [-0.2, 0) is 28.8 Å². The number of nitrogens with one attached hydrogen (secondary N) is 3. The molecular formula is C21H37N5O8. The van der Waals surface area contributed by atoms with E-state index in [1.54, 1.807) is 13.8 Å². The number of carbonyl (C=O) groups is 6. The van der Waals surface area contributed by atoms with Crippen LogP contribution in [-0.4, -0.2) is 69.9 Å². The number of carboxylic acid groups (broad SMARTS) is 2. The molecule has 0 saturated carbocycles. The van der Waals surface area contributed by atoms with Crippen LogP contribution in [0.15, 0.2) is 0 Å². The summed E-state index contributed by atoms with van der Waals surface area (Å²) in [5.41, 5.74) is 11.0. The van der Waals surface area contributed by atoms with Crippen molar-refractivity contribution in [3.8, 4) is 0 Å². The molecule has 0 aromatic heterocycles. The molecule has 0 aromatic rings. The maximum absolute atomic E-state index is 12.8. The van der Waals surface area contributed by atoms with Crippen molar-refractivity contribution < 1.29 is 39.0 Å². The Morgan fingerprint density at radius 1 is 0.853 bits per heavy atom. The van der Waals surface area contributed by atoms with Gasteiger partial charge < -0.3 is 37.6 Å². The predicted molar refractivity (Wildman–Crippen MR) is 121 cm³/mol. The van der Waals surface area contributed by atoms with Crippen molar-refractivity contribution in [3.05, 3.63) is 0 Å². The Hall–Kier alpha value is -3.22. The van der Waals surface area contributed by atoms with E-state index in [4.69, 9.17) is 16.6 Å². The molecule has 13 nitrogen and oxygen atoms in total. The lowest BCUT2D eigenvalue weighted by molar-refractivity contribution is -0.144. The minimum atomic E-state index is -1.63. The lowest BCUT2D eigenvalue weighted by Gasteiger charge is -2.26. The second-order valence-corrected chi connectivity index (χ2v) is 8.67. The van der Waals surface area contributed by atoms with E-state index >= 15 is 0 Å². The van der Waals surface area contributed by atoms with Crippen LogP contribution in [0, 0.1) is 11.8 Å². The zero-order chi connectivity index (χ0) is 26.6. The molecule has 0 rings (SSSR count). The van der Waals surface area contributed by atoms with Gasteiger partial charge in [0.15, 0.2) is 0 Å². The highest BCUT2D eigenvalue weighted by Gasteiger charge is 2.33. The maximum Gasteiger partial charge on any atom is 0.326 e. The summed E-state index contributed by atoms with van der Waals surface area (Å²) >= 11 is 0. The Kier molecular flexibility index (Phi) is 13.4. The number of primary amides is 1. The normalized spacial score (nSPS) is 15.4. The molecule has 4 amide bonds. The number of carboxylic acids is 2. The Morgan fingerprint density at radius 3 is 1.82 bits per heavy atom. The summed E-state index contributed by atoms with van der Waals surface area (Å²) < 4.78 is 0. The molecule has 0 aliphatic rings. The molecule has 0 bridgehead atoms. The van der Waals surface area contributed by atoms with E-state index in [2.05, 4.69) is 16.0 Å². The highest BCUT2D eigenvalue weighted by Crippen LogP contribution is 2.09. The van der Waals surface area contributed by atoms with Crippen LogP contribution >= 0.6 is 0 Å². The molecule has 0 radical (unpaired) electrons. The summed E-state index contributed by atoms with van der Waals surface area (Å²) in [5, 5.41) is 25.4. The summed E-state index contributed by atoms with van der Waals surface area (Å²) in [5.74, 6) is -6.47. The maximum atomic E-state index is 12.8. The van der Waals surface area contributed by atoms with Gasteiger partial charge in [-0.05, 0) is 24.7 Å². The van der Waals surface area contributed by atoms with E-state index < -0.39 is 72.1 Å². The first kappa shape index (κ1) is 30.8. The number of aliphatic carboxylic acids is 2. The topological polar surface area (TPSA) is 231 Å². The van der Waals surface area contributed by atoms with Crippen LogP contribution in [0.5, 0.6) is 0 Å². The highest BCUT2D eigenvalue weighted by molar-refractivity contribution is 5.95. The number of hydrogen-bond donors (Lipinski definition) is 7. The van der Waals surface area contributed by atoms with Crippen LogP contribution in [0.4, 0.5) is 0 Å². The monoisotopic (exact) mass is 487 g/mol. The minimum absolute atomic E-state index is 0.0926. The largest absolute Gasteiger partial charge is 0.481 e. The number of carbonyl (C=O) groups excluding carboxylic acids is 4. The highest BCUT2D eigenvalue weighted by atomic mass is 16.4. The SMILES string of the molecule is CCC(C)C(NC(=O)C(CC(=O)O)NC(=O)C(CCC(N)=O)NC(=O)C(N)CC(C)C)C(=O)O. The predicted octanol–water partition coefficient (Wildman–Crippen LogP) is -1.31. The lowest BCUT2D eigenvalue weighted by atomic mass is 9.98. The second-order valence-electron chi connectivity index (χ2n) is 8.67. The first-order valence-corrected chi connectivity index (χ1v) is 11.1. The van der Waals surface area contributed by atoms with E-state index in [9.17, 15) is 33.9 Å². The lowest BCUT2D eigenvalue weighted by Crippen LogP contribution is -2.58. The van der Waals surface area contributed by atoms with E-state index in [1.165, 1.54) is 0 Å². The third-order valence-corrected chi connectivity index (χ3v) is 5.16. The van der Waals surface area contributed by atoms with Crippen LogP contribution in [0.3, 0.4) is 0 Å². The Morgan fingerprint density at radius 2 is 1.38 bits per heavy atom. The summed E-state index contributed by atoms with van der Waals surface area (Å²) in [6, 6.07) is -5.20. The third kappa shape index (κ3) is 11.6. The molecule has 13 heteroatoms. The van der Waals surface area contributed by atoms with Gasteiger partial charge in [0.25, 0.3) is 0 Å². The number of hydrogen-bond acceptors (Lipinski definition) is 7. The van der Waals surface area contributed by atoms with Crippen molar-refractivity contribution in [2.24, 2.45) is 23.3 Å². The Bertz CT molecular complexity index is 757. The number of amides is 4. The van der Waals surface area contributed by atoms with Crippen LogP contribution in [0.1, 0.15) is 59.8 Å². The van der Waals surface area contributed by atoms with Crippen LogP contribution in [0.2, 0.25) is 0 Å². The molecule has 0 heterocycles. The molecule has 194 valence electrons. The quantitative estimate of drug-likeness (QED) is 0.137.